The maximum atomic E-state index is 12.2. The van der Waals surface area contributed by atoms with E-state index in [2.05, 4.69) is 36.4 Å². The van der Waals surface area contributed by atoms with E-state index in [4.69, 9.17) is 17.0 Å². The van der Waals surface area contributed by atoms with E-state index < -0.39 is 6.09 Å². The Morgan fingerprint density at radius 2 is 1.88 bits per heavy atom. The third kappa shape index (κ3) is 6.33. The van der Waals surface area contributed by atoms with Gasteiger partial charge in [-0.3, -0.25) is 4.90 Å². The second-order valence-corrected chi connectivity index (χ2v) is 7.42. The van der Waals surface area contributed by atoms with Crippen LogP contribution in [0.4, 0.5) is 16.2 Å². The van der Waals surface area contributed by atoms with Gasteiger partial charge in [-0.15, -0.1) is 0 Å². The number of hydrogen-bond acceptors (Lipinski definition) is 4. The Balaban J connectivity index is 1.89. The fourth-order valence-electron chi connectivity index (χ4n) is 1.95. The third-order valence-corrected chi connectivity index (χ3v) is 3.63. The van der Waals surface area contributed by atoms with E-state index in [1.54, 1.807) is 25.4 Å². The number of thiocarbonyl (C=S) groups is 1. The van der Waals surface area contributed by atoms with Crippen LogP contribution >= 0.6 is 12.2 Å². The van der Waals surface area contributed by atoms with Crippen LogP contribution in [-0.4, -0.2) is 29.8 Å². The summed E-state index contributed by atoms with van der Waals surface area (Å²) in [6.07, 6.45) is 1.06. The standard InChI is InChI=1S/C19H24N4O2S/c1-19(2,3)13-21-17(26)22-14-10-11-16(20-12-14)25-18(24)23(4)15-8-6-5-7-9-15/h5-12H,13H2,1-4H3,(H2,21,22,26). The van der Waals surface area contributed by atoms with Crippen LogP contribution in [0, 0.1) is 5.41 Å². The van der Waals surface area contributed by atoms with Crippen LogP contribution < -0.4 is 20.3 Å². The number of aromatic nitrogens is 1. The number of nitrogens with zero attached hydrogens (tertiary/aromatic N) is 2. The molecule has 0 fully saturated rings. The topological polar surface area (TPSA) is 66.5 Å². The van der Waals surface area contributed by atoms with Crippen molar-refractivity contribution in [3.8, 4) is 5.88 Å². The van der Waals surface area contributed by atoms with E-state index in [0.717, 1.165) is 12.2 Å². The molecule has 0 aliphatic carbocycles. The molecule has 1 heterocycles. The van der Waals surface area contributed by atoms with Crippen molar-refractivity contribution in [1.82, 2.24) is 10.3 Å². The number of anilines is 2. The molecule has 2 N–H and O–H groups in total. The molecule has 26 heavy (non-hydrogen) atoms. The van der Waals surface area contributed by atoms with Gasteiger partial charge in [0.05, 0.1) is 11.9 Å². The highest BCUT2D eigenvalue weighted by molar-refractivity contribution is 7.80. The lowest BCUT2D eigenvalue weighted by atomic mass is 9.97. The summed E-state index contributed by atoms with van der Waals surface area (Å²) in [7, 11) is 1.65. The molecule has 6 nitrogen and oxygen atoms in total. The quantitative estimate of drug-likeness (QED) is 0.790. The average Bonchev–Trinajstić information content (AvgIpc) is 2.61. The number of rotatable bonds is 4. The summed E-state index contributed by atoms with van der Waals surface area (Å²) < 4.78 is 5.28. The van der Waals surface area contributed by atoms with Crippen LogP contribution in [0.1, 0.15) is 20.8 Å². The molecule has 138 valence electrons. The number of pyridine rings is 1. The summed E-state index contributed by atoms with van der Waals surface area (Å²) in [5, 5.41) is 6.73. The SMILES string of the molecule is CN(C(=O)Oc1ccc(NC(=S)NCC(C)(C)C)cn1)c1ccccc1. The predicted molar refractivity (Wildman–Crippen MR) is 109 cm³/mol. The number of benzene rings is 1. The zero-order valence-corrected chi connectivity index (χ0v) is 16.3. The fraction of sp³-hybridized carbons (Fsp3) is 0.316. The number of nitrogens with one attached hydrogen (secondary N) is 2. The summed E-state index contributed by atoms with van der Waals surface area (Å²) in [5.74, 6) is 0.219. The minimum absolute atomic E-state index is 0.132. The van der Waals surface area contributed by atoms with E-state index in [1.165, 1.54) is 4.90 Å². The first-order valence-electron chi connectivity index (χ1n) is 8.26. The summed E-state index contributed by atoms with van der Waals surface area (Å²) in [6, 6.07) is 12.6. The Kier molecular flexibility index (Phi) is 6.52. The van der Waals surface area contributed by atoms with E-state index in [0.29, 0.717) is 10.8 Å². The Hall–Kier alpha value is -2.67. The monoisotopic (exact) mass is 372 g/mol. The van der Waals surface area contributed by atoms with Gasteiger partial charge >= 0.3 is 6.09 Å². The van der Waals surface area contributed by atoms with E-state index in [1.807, 2.05) is 30.3 Å². The number of para-hydroxylation sites is 1. The molecule has 0 radical (unpaired) electrons. The molecule has 0 unspecified atom stereocenters. The van der Waals surface area contributed by atoms with Gasteiger partial charge in [0.15, 0.2) is 5.11 Å². The zero-order chi connectivity index (χ0) is 19.2. The molecular formula is C19H24N4O2S. The summed E-state index contributed by atoms with van der Waals surface area (Å²) in [5.41, 5.74) is 1.59. The summed E-state index contributed by atoms with van der Waals surface area (Å²) >= 11 is 5.25. The number of carbonyl (C=O) groups excluding carboxylic acids is 1. The molecule has 2 rings (SSSR count). The Bertz CT molecular complexity index is 742. The first kappa shape index (κ1) is 19.7. The zero-order valence-electron chi connectivity index (χ0n) is 15.4. The molecule has 0 saturated heterocycles. The highest BCUT2D eigenvalue weighted by Crippen LogP contribution is 2.16. The fourth-order valence-corrected chi connectivity index (χ4v) is 2.14. The molecule has 7 heteroatoms. The van der Waals surface area contributed by atoms with Gasteiger partial charge in [-0.25, -0.2) is 9.78 Å². The second kappa shape index (κ2) is 8.62. The largest absolute Gasteiger partial charge is 0.420 e. The molecule has 0 aliphatic rings. The average molecular weight is 372 g/mol. The van der Waals surface area contributed by atoms with Crippen LogP contribution in [0.3, 0.4) is 0 Å². The van der Waals surface area contributed by atoms with Crippen LogP contribution in [-0.2, 0) is 0 Å². The Labute approximate surface area is 159 Å². The number of amides is 1. The van der Waals surface area contributed by atoms with Crippen LogP contribution in [0.2, 0.25) is 0 Å². The highest BCUT2D eigenvalue weighted by atomic mass is 32.1. The van der Waals surface area contributed by atoms with Gasteiger partial charge in [-0.2, -0.15) is 0 Å². The minimum atomic E-state index is -0.508. The molecule has 1 aromatic carbocycles. The van der Waals surface area contributed by atoms with Crippen molar-refractivity contribution in [2.75, 3.05) is 23.8 Å². The number of hydrogen-bond donors (Lipinski definition) is 2. The minimum Gasteiger partial charge on any atom is -0.391 e. The molecule has 2 aromatic rings. The van der Waals surface area contributed by atoms with E-state index in [-0.39, 0.29) is 11.3 Å². The first-order valence-corrected chi connectivity index (χ1v) is 8.67. The van der Waals surface area contributed by atoms with Gasteiger partial charge in [-0.05, 0) is 35.8 Å². The lowest BCUT2D eigenvalue weighted by Gasteiger charge is -2.20. The maximum absolute atomic E-state index is 12.2. The third-order valence-electron chi connectivity index (χ3n) is 3.38. The lowest BCUT2D eigenvalue weighted by molar-refractivity contribution is 0.207. The van der Waals surface area contributed by atoms with Gasteiger partial charge in [-0.1, -0.05) is 39.0 Å². The van der Waals surface area contributed by atoms with E-state index in [9.17, 15) is 4.79 Å². The molecule has 0 bridgehead atoms. The van der Waals surface area contributed by atoms with Crippen molar-refractivity contribution >= 4 is 34.8 Å². The molecule has 1 amide bonds. The Morgan fingerprint density at radius 3 is 2.46 bits per heavy atom. The smallest absolute Gasteiger partial charge is 0.391 e. The predicted octanol–water partition coefficient (Wildman–Crippen LogP) is 4.05. The molecule has 0 spiro atoms. The number of carbonyl (C=O) groups is 1. The van der Waals surface area contributed by atoms with Gasteiger partial charge < -0.3 is 15.4 Å². The van der Waals surface area contributed by atoms with Crippen molar-refractivity contribution < 1.29 is 9.53 Å². The molecule has 0 atom stereocenters. The molecule has 1 aromatic heterocycles. The first-order chi connectivity index (χ1) is 12.2. The second-order valence-electron chi connectivity index (χ2n) is 7.02. The van der Waals surface area contributed by atoms with Gasteiger partial charge in [0.2, 0.25) is 5.88 Å². The van der Waals surface area contributed by atoms with Crippen molar-refractivity contribution in [2.45, 2.75) is 20.8 Å². The van der Waals surface area contributed by atoms with Gasteiger partial charge in [0.25, 0.3) is 0 Å². The highest BCUT2D eigenvalue weighted by Gasteiger charge is 2.14. The van der Waals surface area contributed by atoms with Crippen molar-refractivity contribution in [3.63, 3.8) is 0 Å². The van der Waals surface area contributed by atoms with Crippen LogP contribution in [0.15, 0.2) is 48.7 Å². The van der Waals surface area contributed by atoms with Crippen LogP contribution in [0.5, 0.6) is 5.88 Å². The van der Waals surface area contributed by atoms with Crippen LogP contribution in [0.25, 0.3) is 0 Å². The van der Waals surface area contributed by atoms with Gasteiger partial charge in [0, 0.05) is 25.3 Å². The summed E-state index contributed by atoms with van der Waals surface area (Å²) in [6.45, 7) is 7.13. The van der Waals surface area contributed by atoms with E-state index >= 15 is 0 Å². The lowest BCUT2D eigenvalue weighted by Crippen LogP contribution is -2.35. The Morgan fingerprint density at radius 1 is 1.19 bits per heavy atom. The summed E-state index contributed by atoms with van der Waals surface area (Å²) in [4.78, 5) is 17.7. The van der Waals surface area contributed by atoms with Crippen molar-refractivity contribution in [1.29, 1.82) is 0 Å². The molecular weight excluding hydrogens is 348 g/mol. The number of ether oxygens (including phenoxy) is 1. The normalized spacial score (nSPS) is 10.8. The van der Waals surface area contributed by atoms with Crippen molar-refractivity contribution in [2.24, 2.45) is 5.41 Å². The van der Waals surface area contributed by atoms with Gasteiger partial charge in [0.1, 0.15) is 0 Å². The molecule has 0 saturated carbocycles. The maximum Gasteiger partial charge on any atom is 0.420 e. The van der Waals surface area contributed by atoms with Crippen molar-refractivity contribution in [3.05, 3.63) is 48.7 Å². The molecule has 0 aliphatic heterocycles.